The van der Waals surface area contributed by atoms with E-state index in [1.165, 1.54) is 12.1 Å². The van der Waals surface area contributed by atoms with Crippen LogP contribution in [-0.4, -0.2) is 12.1 Å². The highest BCUT2D eigenvalue weighted by Gasteiger charge is 2.61. The average molecular weight is 367 g/mol. The maximum atomic E-state index is 13.2. The van der Waals surface area contributed by atoms with E-state index in [9.17, 15) is 22.0 Å². The van der Waals surface area contributed by atoms with E-state index in [-0.39, 0.29) is 18.0 Å². The van der Waals surface area contributed by atoms with Gasteiger partial charge in [0.2, 0.25) is 0 Å². The summed E-state index contributed by atoms with van der Waals surface area (Å²) in [5.41, 5.74) is 6.41. The summed E-state index contributed by atoms with van der Waals surface area (Å²) in [5.74, 6) is -4.98. The maximum absolute atomic E-state index is 13.2. The molecule has 2 nitrogen and oxygen atoms in total. The van der Waals surface area contributed by atoms with E-state index < -0.39 is 18.1 Å². The van der Waals surface area contributed by atoms with E-state index in [2.05, 4.69) is 5.32 Å². The number of nitrogens with two attached hydrogens (primary N) is 1. The third-order valence-electron chi connectivity index (χ3n) is 3.38. The van der Waals surface area contributed by atoms with Gasteiger partial charge in [0.1, 0.15) is 6.04 Å². The first-order valence-corrected chi connectivity index (χ1v) is 6.79. The Balaban J connectivity index is 0.00000288. The molecule has 0 aromatic heterocycles. The molecule has 0 saturated carbocycles. The van der Waals surface area contributed by atoms with Crippen LogP contribution in [0.2, 0.25) is 0 Å². The molecule has 0 spiro atoms. The fourth-order valence-corrected chi connectivity index (χ4v) is 1.99. The summed E-state index contributed by atoms with van der Waals surface area (Å²) in [5, 5.41) is 3.05. The van der Waals surface area contributed by atoms with Gasteiger partial charge in [0, 0.05) is 12.2 Å². The summed E-state index contributed by atoms with van der Waals surface area (Å²) < 4.78 is 63.4. The topological polar surface area (TPSA) is 38.0 Å². The number of hydrogen-bond acceptors (Lipinski definition) is 2. The van der Waals surface area contributed by atoms with Crippen LogP contribution in [0.1, 0.15) is 17.2 Å². The number of rotatable bonds is 5. The van der Waals surface area contributed by atoms with Crippen LogP contribution in [0.15, 0.2) is 54.6 Å². The van der Waals surface area contributed by atoms with Crippen molar-refractivity contribution in [3.8, 4) is 0 Å². The van der Waals surface area contributed by atoms with Crippen molar-refractivity contribution in [1.82, 2.24) is 0 Å². The molecule has 0 amide bonds. The predicted octanol–water partition coefficient (Wildman–Crippen LogP) is 4.92. The van der Waals surface area contributed by atoms with Crippen LogP contribution in [0.4, 0.5) is 27.6 Å². The second kappa shape index (κ2) is 7.81. The van der Waals surface area contributed by atoms with Gasteiger partial charge in [-0.2, -0.15) is 22.0 Å². The molecule has 0 bridgehead atoms. The molecule has 2 aromatic carbocycles. The molecule has 24 heavy (non-hydrogen) atoms. The van der Waals surface area contributed by atoms with E-state index in [0.717, 1.165) is 17.7 Å². The van der Waals surface area contributed by atoms with Crippen LogP contribution in [0.3, 0.4) is 0 Å². The van der Waals surface area contributed by atoms with Gasteiger partial charge in [-0.25, -0.2) is 0 Å². The lowest BCUT2D eigenvalue weighted by Crippen LogP contribution is -2.45. The monoisotopic (exact) mass is 366 g/mol. The molecule has 0 unspecified atom stereocenters. The van der Waals surface area contributed by atoms with Crippen LogP contribution in [0, 0.1) is 0 Å². The van der Waals surface area contributed by atoms with Gasteiger partial charge in [0.15, 0.2) is 0 Å². The zero-order chi connectivity index (χ0) is 17.1. The number of alkyl halides is 5. The normalized spacial score (nSPS) is 13.1. The van der Waals surface area contributed by atoms with Crippen molar-refractivity contribution in [2.24, 2.45) is 5.73 Å². The molecule has 0 aliphatic carbocycles. The molecule has 1 atom stereocenters. The fraction of sp³-hybridized carbons (Fsp3) is 0.250. The summed E-state index contributed by atoms with van der Waals surface area (Å²) in [6, 6.07) is 12.2. The first-order valence-electron chi connectivity index (χ1n) is 6.79. The van der Waals surface area contributed by atoms with E-state index in [1.54, 1.807) is 0 Å². The van der Waals surface area contributed by atoms with Gasteiger partial charge >= 0.3 is 12.1 Å². The minimum Gasteiger partial charge on any atom is -0.381 e. The van der Waals surface area contributed by atoms with Gasteiger partial charge in [0.05, 0.1) is 0 Å². The van der Waals surface area contributed by atoms with Crippen molar-refractivity contribution >= 4 is 18.1 Å². The summed E-state index contributed by atoms with van der Waals surface area (Å²) in [6.07, 6.45) is -5.68. The molecule has 132 valence electrons. The first-order chi connectivity index (χ1) is 10.7. The molecule has 0 heterocycles. The Morgan fingerprint density at radius 3 is 1.92 bits per heavy atom. The molecular formula is C16H16ClF5N2. The molecule has 0 aliphatic rings. The SMILES string of the molecule is Cl.N[C@H](c1ccc(NCc2ccccc2)cc1)C(F)(F)C(F)(F)F. The molecule has 2 rings (SSSR count). The maximum Gasteiger partial charge on any atom is 0.455 e. The first kappa shape index (κ1) is 20.2. The van der Waals surface area contributed by atoms with E-state index >= 15 is 0 Å². The van der Waals surface area contributed by atoms with Gasteiger partial charge in [-0.15, -0.1) is 12.4 Å². The largest absolute Gasteiger partial charge is 0.455 e. The van der Waals surface area contributed by atoms with E-state index in [1.807, 2.05) is 30.3 Å². The highest BCUT2D eigenvalue weighted by Crippen LogP contribution is 2.43. The van der Waals surface area contributed by atoms with E-state index in [4.69, 9.17) is 5.73 Å². The Labute approximate surface area is 142 Å². The highest BCUT2D eigenvalue weighted by molar-refractivity contribution is 5.85. The molecule has 8 heteroatoms. The average Bonchev–Trinajstić information content (AvgIpc) is 2.52. The summed E-state index contributed by atoms with van der Waals surface area (Å²) >= 11 is 0. The summed E-state index contributed by atoms with van der Waals surface area (Å²) in [4.78, 5) is 0. The Morgan fingerprint density at radius 1 is 0.875 bits per heavy atom. The molecule has 0 aliphatic heterocycles. The number of benzene rings is 2. The zero-order valence-electron chi connectivity index (χ0n) is 12.4. The lowest BCUT2D eigenvalue weighted by atomic mass is 10.0. The van der Waals surface area contributed by atoms with Crippen molar-refractivity contribution in [3.05, 3.63) is 65.7 Å². The molecule has 3 N–H and O–H groups in total. The minimum atomic E-state index is -5.68. The number of hydrogen-bond donors (Lipinski definition) is 2. The van der Waals surface area contributed by atoms with Gasteiger partial charge in [-0.1, -0.05) is 42.5 Å². The number of nitrogens with one attached hydrogen (secondary N) is 1. The molecule has 0 radical (unpaired) electrons. The Morgan fingerprint density at radius 2 is 1.42 bits per heavy atom. The van der Waals surface area contributed by atoms with Crippen LogP contribution >= 0.6 is 12.4 Å². The lowest BCUT2D eigenvalue weighted by Gasteiger charge is -2.26. The van der Waals surface area contributed by atoms with Gasteiger partial charge in [-0.3, -0.25) is 0 Å². The van der Waals surface area contributed by atoms with Crippen LogP contribution < -0.4 is 11.1 Å². The third-order valence-corrected chi connectivity index (χ3v) is 3.38. The van der Waals surface area contributed by atoms with Gasteiger partial charge < -0.3 is 11.1 Å². The second-order valence-corrected chi connectivity index (χ2v) is 5.06. The molecule has 0 fully saturated rings. The predicted molar refractivity (Wildman–Crippen MR) is 85.4 cm³/mol. The van der Waals surface area contributed by atoms with Crippen molar-refractivity contribution in [2.75, 3.05) is 5.32 Å². The summed E-state index contributed by atoms with van der Waals surface area (Å²) in [6.45, 7) is 0.505. The number of anilines is 1. The molecule has 2 aromatic rings. The van der Waals surface area contributed by atoms with Crippen molar-refractivity contribution in [2.45, 2.75) is 24.7 Å². The molecule has 0 saturated heterocycles. The van der Waals surface area contributed by atoms with Crippen LogP contribution in [-0.2, 0) is 6.54 Å². The van der Waals surface area contributed by atoms with E-state index in [0.29, 0.717) is 12.2 Å². The van der Waals surface area contributed by atoms with Crippen molar-refractivity contribution < 1.29 is 22.0 Å². The van der Waals surface area contributed by atoms with Gasteiger partial charge in [0.25, 0.3) is 0 Å². The Hall–Kier alpha value is -1.86. The van der Waals surface area contributed by atoms with Gasteiger partial charge in [-0.05, 0) is 23.3 Å². The Kier molecular flexibility index (Phi) is 6.57. The molecular weight excluding hydrogens is 351 g/mol. The number of halogens is 6. The van der Waals surface area contributed by atoms with Crippen LogP contribution in [0.25, 0.3) is 0 Å². The highest BCUT2D eigenvalue weighted by atomic mass is 35.5. The fourth-order valence-electron chi connectivity index (χ4n) is 1.99. The quantitative estimate of drug-likeness (QED) is 0.737. The Bertz CT molecular complexity index is 629. The van der Waals surface area contributed by atoms with Crippen molar-refractivity contribution in [3.63, 3.8) is 0 Å². The second-order valence-electron chi connectivity index (χ2n) is 5.06. The summed E-state index contributed by atoms with van der Waals surface area (Å²) in [7, 11) is 0. The smallest absolute Gasteiger partial charge is 0.381 e. The standard InChI is InChI=1S/C16H15F5N2.ClH/c17-15(18,16(19,20)21)14(22)12-6-8-13(9-7-12)23-10-11-4-2-1-3-5-11;/h1-9,14,23H,10,22H2;1H/t14-;/m1./s1. The zero-order valence-corrected chi connectivity index (χ0v) is 13.2. The third kappa shape index (κ3) is 4.58. The minimum absolute atomic E-state index is 0. The van der Waals surface area contributed by atoms with Crippen LogP contribution in [0.5, 0.6) is 0 Å². The lowest BCUT2D eigenvalue weighted by molar-refractivity contribution is -0.291. The van der Waals surface area contributed by atoms with Crippen molar-refractivity contribution in [1.29, 1.82) is 0 Å².